The van der Waals surface area contributed by atoms with Crippen molar-refractivity contribution in [2.45, 2.75) is 6.42 Å². The second-order valence-electron chi connectivity index (χ2n) is 3.98. The molecular weight excluding hydrogens is 224 g/mol. The summed E-state index contributed by atoms with van der Waals surface area (Å²) in [5, 5.41) is 9.24. The SMILES string of the molecule is O=C(O)C(=CCc1ccccc1)c1ccccc1. The van der Waals surface area contributed by atoms with Crippen molar-refractivity contribution >= 4 is 11.5 Å². The number of allylic oxidation sites excluding steroid dienone is 1. The summed E-state index contributed by atoms with van der Waals surface area (Å²) < 4.78 is 0. The molecule has 2 aromatic rings. The fourth-order valence-corrected chi connectivity index (χ4v) is 1.78. The van der Waals surface area contributed by atoms with Crippen molar-refractivity contribution in [2.75, 3.05) is 0 Å². The van der Waals surface area contributed by atoms with Gasteiger partial charge >= 0.3 is 5.97 Å². The predicted molar refractivity (Wildman–Crippen MR) is 72.2 cm³/mol. The molecule has 0 radical (unpaired) electrons. The lowest BCUT2D eigenvalue weighted by Crippen LogP contribution is -2.00. The number of carbonyl (C=O) groups is 1. The highest BCUT2D eigenvalue weighted by atomic mass is 16.4. The maximum absolute atomic E-state index is 11.3. The first kappa shape index (κ1) is 12.1. The molecular formula is C16H14O2. The molecule has 0 heterocycles. The predicted octanol–water partition coefficient (Wildman–Crippen LogP) is 3.40. The van der Waals surface area contributed by atoms with Crippen LogP contribution in [0.3, 0.4) is 0 Å². The van der Waals surface area contributed by atoms with Crippen molar-refractivity contribution < 1.29 is 9.90 Å². The van der Waals surface area contributed by atoms with Crippen molar-refractivity contribution in [3.8, 4) is 0 Å². The minimum Gasteiger partial charge on any atom is -0.478 e. The molecule has 0 aliphatic heterocycles. The fraction of sp³-hybridized carbons (Fsp3) is 0.0625. The number of hydrogen-bond donors (Lipinski definition) is 1. The smallest absolute Gasteiger partial charge is 0.335 e. The van der Waals surface area contributed by atoms with Crippen LogP contribution < -0.4 is 0 Å². The van der Waals surface area contributed by atoms with Gasteiger partial charge in [0.15, 0.2) is 0 Å². The maximum atomic E-state index is 11.3. The number of benzene rings is 2. The van der Waals surface area contributed by atoms with Crippen LogP contribution in [0.1, 0.15) is 11.1 Å². The van der Waals surface area contributed by atoms with E-state index in [1.165, 1.54) is 0 Å². The van der Waals surface area contributed by atoms with E-state index in [9.17, 15) is 9.90 Å². The third kappa shape index (κ3) is 3.08. The minimum absolute atomic E-state index is 0.347. The molecule has 1 N–H and O–H groups in total. The van der Waals surface area contributed by atoms with Crippen LogP contribution in [-0.4, -0.2) is 11.1 Å². The molecule has 90 valence electrons. The highest BCUT2D eigenvalue weighted by Gasteiger charge is 2.08. The van der Waals surface area contributed by atoms with Gasteiger partial charge in [-0.3, -0.25) is 0 Å². The Hall–Kier alpha value is -2.35. The van der Waals surface area contributed by atoms with Crippen molar-refractivity contribution in [3.05, 3.63) is 77.9 Å². The third-order valence-electron chi connectivity index (χ3n) is 2.70. The molecule has 0 atom stereocenters. The molecule has 0 amide bonds. The van der Waals surface area contributed by atoms with Gasteiger partial charge in [-0.15, -0.1) is 0 Å². The summed E-state index contributed by atoms with van der Waals surface area (Å²) in [4.78, 5) is 11.3. The average Bonchev–Trinajstić information content (AvgIpc) is 2.41. The summed E-state index contributed by atoms with van der Waals surface area (Å²) in [5.41, 5.74) is 2.19. The first-order chi connectivity index (χ1) is 8.77. The van der Waals surface area contributed by atoms with Gasteiger partial charge < -0.3 is 5.11 Å². The Labute approximate surface area is 106 Å². The summed E-state index contributed by atoms with van der Waals surface area (Å²) >= 11 is 0. The lowest BCUT2D eigenvalue weighted by molar-refractivity contribution is -0.130. The van der Waals surface area contributed by atoms with Crippen LogP contribution in [0.5, 0.6) is 0 Å². The molecule has 0 aliphatic carbocycles. The first-order valence-corrected chi connectivity index (χ1v) is 5.80. The van der Waals surface area contributed by atoms with Crippen molar-refractivity contribution in [2.24, 2.45) is 0 Å². The van der Waals surface area contributed by atoms with Gasteiger partial charge in [-0.25, -0.2) is 4.79 Å². The molecule has 0 bridgehead atoms. The Balaban J connectivity index is 2.24. The quantitative estimate of drug-likeness (QED) is 0.829. The second-order valence-corrected chi connectivity index (χ2v) is 3.98. The fourth-order valence-electron chi connectivity index (χ4n) is 1.78. The van der Waals surface area contributed by atoms with Crippen LogP contribution in [-0.2, 0) is 11.2 Å². The molecule has 2 heteroatoms. The van der Waals surface area contributed by atoms with E-state index in [-0.39, 0.29) is 0 Å². The second kappa shape index (κ2) is 5.82. The maximum Gasteiger partial charge on any atom is 0.335 e. The average molecular weight is 238 g/mol. The highest BCUT2D eigenvalue weighted by molar-refractivity contribution is 6.15. The van der Waals surface area contributed by atoms with E-state index in [4.69, 9.17) is 0 Å². The van der Waals surface area contributed by atoms with Gasteiger partial charge in [-0.2, -0.15) is 0 Å². The minimum atomic E-state index is -0.892. The number of carboxylic acids is 1. The van der Waals surface area contributed by atoms with Gasteiger partial charge in [0.25, 0.3) is 0 Å². The Morgan fingerprint density at radius 1 is 0.944 bits per heavy atom. The lowest BCUT2D eigenvalue weighted by atomic mass is 10.0. The van der Waals surface area contributed by atoms with E-state index < -0.39 is 5.97 Å². The number of rotatable bonds is 4. The summed E-state index contributed by atoms with van der Waals surface area (Å²) in [7, 11) is 0. The van der Waals surface area contributed by atoms with E-state index in [2.05, 4.69) is 0 Å². The zero-order valence-electron chi connectivity index (χ0n) is 9.91. The van der Waals surface area contributed by atoms with E-state index >= 15 is 0 Å². The molecule has 0 aromatic heterocycles. The van der Waals surface area contributed by atoms with Crippen LogP contribution in [0.15, 0.2) is 66.7 Å². The van der Waals surface area contributed by atoms with Crippen LogP contribution >= 0.6 is 0 Å². The summed E-state index contributed by atoms with van der Waals surface area (Å²) in [6.45, 7) is 0. The zero-order chi connectivity index (χ0) is 12.8. The standard InChI is InChI=1S/C16H14O2/c17-16(18)15(14-9-5-2-6-10-14)12-11-13-7-3-1-4-8-13/h1-10,12H,11H2,(H,17,18). The van der Waals surface area contributed by atoms with Gasteiger partial charge in [-0.1, -0.05) is 66.7 Å². The molecule has 0 unspecified atom stereocenters. The monoisotopic (exact) mass is 238 g/mol. The van der Waals surface area contributed by atoms with Crippen LogP contribution in [0.25, 0.3) is 5.57 Å². The lowest BCUT2D eigenvalue weighted by Gasteiger charge is -2.03. The first-order valence-electron chi connectivity index (χ1n) is 5.80. The van der Waals surface area contributed by atoms with Gasteiger partial charge in [0, 0.05) is 0 Å². The van der Waals surface area contributed by atoms with E-state index in [0.29, 0.717) is 12.0 Å². The Morgan fingerprint density at radius 3 is 2.06 bits per heavy atom. The van der Waals surface area contributed by atoms with Gasteiger partial charge in [0.1, 0.15) is 0 Å². The third-order valence-corrected chi connectivity index (χ3v) is 2.70. The van der Waals surface area contributed by atoms with E-state index in [1.807, 2.05) is 60.7 Å². The number of aliphatic carboxylic acids is 1. The number of hydrogen-bond acceptors (Lipinski definition) is 1. The molecule has 0 aliphatic rings. The van der Waals surface area contributed by atoms with Crippen LogP contribution in [0.2, 0.25) is 0 Å². The van der Waals surface area contributed by atoms with Gasteiger partial charge in [-0.05, 0) is 17.5 Å². The van der Waals surface area contributed by atoms with Gasteiger partial charge in [0.05, 0.1) is 5.57 Å². The Bertz CT molecular complexity index is 542. The van der Waals surface area contributed by atoms with Crippen molar-refractivity contribution in [1.82, 2.24) is 0 Å². The van der Waals surface area contributed by atoms with Gasteiger partial charge in [0.2, 0.25) is 0 Å². The zero-order valence-corrected chi connectivity index (χ0v) is 9.91. The molecule has 2 nitrogen and oxygen atoms in total. The topological polar surface area (TPSA) is 37.3 Å². The van der Waals surface area contributed by atoms with E-state index in [0.717, 1.165) is 11.1 Å². The molecule has 2 aromatic carbocycles. The summed E-state index contributed by atoms with van der Waals surface area (Å²) in [5.74, 6) is -0.892. The Kier molecular flexibility index (Phi) is 3.92. The number of carboxylic acid groups (broad SMARTS) is 1. The molecule has 0 spiro atoms. The summed E-state index contributed by atoms with van der Waals surface area (Å²) in [6, 6.07) is 19.0. The molecule has 0 fully saturated rings. The van der Waals surface area contributed by atoms with Crippen molar-refractivity contribution in [3.63, 3.8) is 0 Å². The normalized spacial score (nSPS) is 11.2. The molecule has 18 heavy (non-hydrogen) atoms. The van der Waals surface area contributed by atoms with E-state index in [1.54, 1.807) is 6.08 Å². The largest absolute Gasteiger partial charge is 0.478 e. The summed E-state index contributed by atoms with van der Waals surface area (Å²) in [6.07, 6.45) is 2.38. The van der Waals surface area contributed by atoms with Crippen molar-refractivity contribution in [1.29, 1.82) is 0 Å². The molecule has 2 rings (SSSR count). The van der Waals surface area contributed by atoms with Crippen LogP contribution in [0.4, 0.5) is 0 Å². The van der Waals surface area contributed by atoms with Crippen LogP contribution in [0, 0.1) is 0 Å². The molecule has 0 saturated heterocycles. The highest BCUT2D eigenvalue weighted by Crippen LogP contribution is 2.15. The molecule has 0 saturated carbocycles. The Morgan fingerprint density at radius 2 is 1.50 bits per heavy atom.